The minimum absolute atomic E-state index is 0.0212. The highest BCUT2D eigenvalue weighted by molar-refractivity contribution is 8.13. The summed E-state index contributed by atoms with van der Waals surface area (Å²) in [7, 11) is 3.59. The summed E-state index contributed by atoms with van der Waals surface area (Å²) in [4.78, 5) is 0. The zero-order valence-electron chi connectivity index (χ0n) is 12.0. The molecule has 3 atom stereocenters. The number of rotatable bonds is 7. The molecule has 0 N–H and O–H groups in total. The fraction of sp³-hybridized carbons (Fsp3) is 1.00. The highest BCUT2D eigenvalue weighted by Crippen LogP contribution is 2.25. The van der Waals surface area contributed by atoms with Gasteiger partial charge in [0.05, 0.1) is 24.6 Å². The predicted molar refractivity (Wildman–Crippen MR) is 77.0 cm³/mol. The van der Waals surface area contributed by atoms with E-state index in [-0.39, 0.29) is 29.8 Å². The fourth-order valence-electron chi connectivity index (χ4n) is 2.42. The molecule has 1 rings (SSSR count). The number of methoxy groups -OCH3 is 1. The van der Waals surface area contributed by atoms with Crippen LogP contribution in [0.1, 0.15) is 39.5 Å². The monoisotopic (exact) mass is 312 g/mol. The van der Waals surface area contributed by atoms with E-state index in [1.165, 1.54) is 0 Å². The van der Waals surface area contributed by atoms with E-state index < -0.39 is 9.05 Å². The third-order valence-electron chi connectivity index (χ3n) is 3.81. The Morgan fingerprint density at radius 2 is 1.89 bits per heavy atom. The lowest BCUT2D eigenvalue weighted by molar-refractivity contribution is -0.0419. The van der Waals surface area contributed by atoms with Gasteiger partial charge < -0.3 is 9.47 Å². The molecule has 1 aliphatic rings. The van der Waals surface area contributed by atoms with E-state index in [1.807, 2.05) is 13.8 Å². The first-order valence-electron chi connectivity index (χ1n) is 6.88. The summed E-state index contributed by atoms with van der Waals surface area (Å²) in [6.45, 7) is 4.44. The second-order valence-electron chi connectivity index (χ2n) is 5.69. The van der Waals surface area contributed by atoms with Crippen molar-refractivity contribution in [1.29, 1.82) is 0 Å². The molecule has 1 fully saturated rings. The molecule has 0 spiro atoms. The van der Waals surface area contributed by atoms with Crippen LogP contribution in [0.5, 0.6) is 0 Å². The molecule has 0 aromatic heterocycles. The maximum Gasteiger partial charge on any atom is 0.232 e. The molecule has 114 valence electrons. The van der Waals surface area contributed by atoms with Crippen molar-refractivity contribution < 1.29 is 17.9 Å². The van der Waals surface area contributed by atoms with Crippen molar-refractivity contribution in [2.24, 2.45) is 11.8 Å². The van der Waals surface area contributed by atoms with Gasteiger partial charge in [-0.15, -0.1) is 0 Å². The van der Waals surface area contributed by atoms with E-state index in [0.717, 1.165) is 25.7 Å². The molecule has 0 bridgehead atoms. The van der Waals surface area contributed by atoms with Gasteiger partial charge in [-0.1, -0.05) is 13.8 Å². The van der Waals surface area contributed by atoms with Gasteiger partial charge in [-0.25, -0.2) is 8.42 Å². The molecule has 0 radical (unpaired) electrons. The maximum atomic E-state index is 11.2. The molecule has 3 unspecified atom stereocenters. The first-order chi connectivity index (χ1) is 8.81. The number of hydrogen-bond acceptors (Lipinski definition) is 4. The average Bonchev–Trinajstić information content (AvgIpc) is 2.33. The van der Waals surface area contributed by atoms with Crippen molar-refractivity contribution in [1.82, 2.24) is 0 Å². The van der Waals surface area contributed by atoms with Gasteiger partial charge in [0.15, 0.2) is 0 Å². The Balaban J connectivity index is 2.43. The first-order valence-corrected chi connectivity index (χ1v) is 9.36. The van der Waals surface area contributed by atoms with Crippen molar-refractivity contribution in [3.05, 3.63) is 0 Å². The average molecular weight is 313 g/mol. The van der Waals surface area contributed by atoms with Crippen molar-refractivity contribution in [3.8, 4) is 0 Å². The number of ether oxygens (including phenoxy) is 2. The largest absolute Gasteiger partial charge is 0.381 e. The quantitative estimate of drug-likeness (QED) is 0.678. The van der Waals surface area contributed by atoms with Gasteiger partial charge in [-0.2, -0.15) is 0 Å². The molecule has 0 aromatic rings. The Bertz CT molecular complexity index is 356. The van der Waals surface area contributed by atoms with Crippen LogP contribution in [-0.2, 0) is 18.5 Å². The van der Waals surface area contributed by atoms with Gasteiger partial charge in [0.25, 0.3) is 0 Å². The number of hydrogen-bond donors (Lipinski definition) is 0. The van der Waals surface area contributed by atoms with Gasteiger partial charge in [-0.05, 0) is 37.5 Å². The van der Waals surface area contributed by atoms with E-state index in [2.05, 4.69) is 0 Å². The van der Waals surface area contributed by atoms with Crippen LogP contribution in [0.15, 0.2) is 0 Å². The summed E-state index contributed by atoms with van der Waals surface area (Å²) < 4.78 is 33.6. The predicted octanol–water partition coefficient (Wildman–Crippen LogP) is 2.80. The van der Waals surface area contributed by atoms with E-state index >= 15 is 0 Å². The van der Waals surface area contributed by atoms with E-state index in [9.17, 15) is 8.42 Å². The Hall–Kier alpha value is 0.160. The molecule has 0 amide bonds. The highest BCUT2D eigenvalue weighted by atomic mass is 35.7. The normalized spacial score (nSPS) is 26.6. The lowest BCUT2D eigenvalue weighted by atomic mass is 9.94. The SMILES string of the molecule is COC1CCCC(OCC(CS(=O)(=O)Cl)C(C)C)C1. The molecule has 0 saturated heterocycles. The summed E-state index contributed by atoms with van der Waals surface area (Å²) >= 11 is 0. The fourth-order valence-corrected chi connectivity index (χ4v) is 3.89. The van der Waals surface area contributed by atoms with Crippen LogP contribution < -0.4 is 0 Å². The van der Waals surface area contributed by atoms with Crippen LogP contribution in [0.25, 0.3) is 0 Å². The molecule has 0 aromatic carbocycles. The lowest BCUT2D eigenvalue weighted by Crippen LogP contribution is -2.31. The molecule has 1 saturated carbocycles. The smallest absolute Gasteiger partial charge is 0.232 e. The van der Waals surface area contributed by atoms with Gasteiger partial charge in [0.1, 0.15) is 0 Å². The van der Waals surface area contributed by atoms with Crippen LogP contribution >= 0.6 is 10.7 Å². The Kier molecular flexibility index (Phi) is 7.08. The van der Waals surface area contributed by atoms with E-state index in [0.29, 0.717) is 6.61 Å². The van der Waals surface area contributed by atoms with Gasteiger partial charge in [0, 0.05) is 17.8 Å². The van der Waals surface area contributed by atoms with E-state index in [4.69, 9.17) is 20.2 Å². The van der Waals surface area contributed by atoms with Crippen LogP contribution in [0.4, 0.5) is 0 Å². The Morgan fingerprint density at radius 3 is 2.42 bits per heavy atom. The zero-order chi connectivity index (χ0) is 14.5. The van der Waals surface area contributed by atoms with Crippen molar-refractivity contribution in [2.75, 3.05) is 19.5 Å². The van der Waals surface area contributed by atoms with Crippen molar-refractivity contribution >= 4 is 19.7 Å². The number of halogens is 1. The molecular weight excluding hydrogens is 288 g/mol. The zero-order valence-corrected chi connectivity index (χ0v) is 13.5. The summed E-state index contributed by atoms with van der Waals surface area (Å²) in [6, 6.07) is 0. The standard InChI is InChI=1S/C13H25ClO4S/c1-10(2)11(9-19(14,15)16)8-18-13-6-4-5-12(7-13)17-3/h10-13H,4-9H2,1-3H3. The summed E-state index contributed by atoms with van der Waals surface area (Å²) in [5, 5.41) is 0. The van der Waals surface area contributed by atoms with Crippen LogP contribution in [-0.4, -0.2) is 40.1 Å². The van der Waals surface area contributed by atoms with Crippen molar-refractivity contribution in [3.63, 3.8) is 0 Å². The summed E-state index contributed by atoms with van der Waals surface area (Å²) in [5.41, 5.74) is 0. The molecule has 4 nitrogen and oxygen atoms in total. The van der Waals surface area contributed by atoms with Crippen LogP contribution in [0.3, 0.4) is 0 Å². The third kappa shape index (κ3) is 6.93. The van der Waals surface area contributed by atoms with Crippen LogP contribution in [0, 0.1) is 11.8 Å². The van der Waals surface area contributed by atoms with E-state index in [1.54, 1.807) is 7.11 Å². The van der Waals surface area contributed by atoms with Gasteiger partial charge in [0.2, 0.25) is 9.05 Å². The van der Waals surface area contributed by atoms with Gasteiger partial charge >= 0.3 is 0 Å². The van der Waals surface area contributed by atoms with Crippen LogP contribution in [0.2, 0.25) is 0 Å². The second-order valence-corrected chi connectivity index (χ2v) is 8.51. The summed E-state index contributed by atoms with van der Waals surface area (Å²) in [6.07, 6.45) is 4.56. The topological polar surface area (TPSA) is 52.6 Å². The molecule has 6 heteroatoms. The summed E-state index contributed by atoms with van der Waals surface area (Å²) in [5.74, 6) is 0.160. The molecule has 1 aliphatic carbocycles. The maximum absolute atomic E-state index is 11.2. The molecule has 0 heterocycles. The molecule has 19 heavy (non-hydrogen) atoms. The minimum Gasteiger partial charge on any atom is -0.381 e. The minimum atomic E-state index is -3.47. The molecule has 0 aliphatic heterocycles. The Labute approximate surface area is 121 Å². The second kappa shape index (κ2) is 7.81. The first kappa shape index (κ1) is 17.2. The third-order valence-corrected chi connectivity index (χ3v) is 5.02. The van der Waals surface area contributed by atoms with Gasteiger partial charge in [-0.3, -0.25) is 0 Å². The molecular formula is C13H25ClO4S. The lowest BCUT2D eigenvalue weighted by Gasteiger charge is -2.30. The Morgan fingerprint density at radius 1 is 1.26 bits per heavy atom. The van der Waals surface area contributed by atoms with Crippen molar-refractivity contribution in [2.45, 2.75) is 51.7 Å². The highest BCUT2D eigenvalue weighted by Gasteiger charge is 2.25.